The highest BCUT2D eigenvalue weighted by Gasteiger charge is 2.34. The Morgan fingerprint density at radius 2 is 1.72 bits per heavy atom. The lowest BCUT2D eigenvalue weighted by molar-refractivity contribution is -0.137. The molecule has 3 aromatic rings. The van der Waals surface area contributed by atoms with Crippen molar-refractivity contribution in [1.82, 2.24) is 0 Å². The summed E-state index contributed by atoms with van der Waals surface area (Å²) in [5.74, 6) is -0.608. The number of anilines is 1. The number of hydrogen-bond acceptors (Lipinski definition) is 6. The van der Waals surface area contributed by atoms with Gasteiger partial charge in [-0.3, -0.25) is 4.55 Å². The molecule has 0 radical (unpaired) electrons. The molecule has 0 aliphatic carbocycles. The molecule has 0 heterocycles. The Hall–Kier alpha value is -2.89. The summed E-state index contributed by atoms with van der Waals surface area (Å²) in [6.07, 6.45) is -4.74. The minimum absolute atomic E-state index is 0.0290. The van der Waals surface area contributed by atoms with Gasteiger partial charge in [-0.15, -0.1) is 10.2 Å². The fourth-order valence-corrected chi connectivity index (χ4v) is 3.31. The van der Waals surface area contributed by atoms with Crippen molar-refractivity contribution in [3.63, 3.8) is 0 Å². The van der Waals surface area contributed by atoms with Crippen LogP contribution in [0.2, 0.25) is 5.02 Å². The number of hydrogen-bond donors (Lipinski definition) is 3. The molecule has 152 valence electrons. The number of halogens is 4. The Balaban J connectivity index is 2.21. The Morgan fingerprint density at radius 1 is 1.03 bits per heavy atom. The molecule has 0 fully saturated rings. The van der Waals surface area contributed by atoms with Gasteiger partial charge in [-0.25, -0.2) is 0 Å². The maximum Gasteiger partial charge on any atom is 0.418 e. The number of aromatic hydroxyl groups is 1. The molecule has 0 bridgehead atoms. The summed E-state index contributed by atoms with van der Waals surface area (Å²) in [5.41, 5.74) is 3.96. The second-order valence-corrected chi connectivity index (χ2v) is 7.74. The Labute approximate surface area is 167 Å². The SMILES string of the molecule is Nc1ccc2cc(S(=O)(=O)O)cc(O)c2c1/N=N/c1ccc(Cl)cc1C(F)(F)F. The second-order valence-electron chi connectivity index (χ2n) is 5.88. The van der Waals surface area contributed by atoms with Crippen LogP contribution in [0.3, 0.4) is 0 Å². The summed E-state index contributed by atoms with van der Waals surface area (Å²) in [4.78, 5) is -0.577. The van der Waals surface area contributed by atoms with Gasteiger partial charge in [-0.2, -0.15) is 21.6 Å². The van der Waals surface area contributed by atoms with Crippen LogP contribution in [0.15, 0.2) is 57.6 Å². The van der Waals surface area contributed by atoms with Gasteiger partial charge in [-0.05, 0) is 35.7 Å². The van der Waals surface area contributed by atoms with Crippen LogP contribution in [-0.2, 0) is 16.3 Å². The van der Waals surface area contributed by atoms with Gasteiger partial charge >= 0.3 is 6.18 Å². The molecular formula is C17H11ClF3N3O4S. The lowest BCUT2D eigenvalue weighted by Gasteiger charge is -2.11. The highest BCUT2D eigenvalue weighted by molar-refractivity contribution is 7.85. The molecule has 0 aliphatic rings. The van der Waals surface area contributed by atoms with E-state index in [1.807, 2.05) is 0 Å². The second kappa shape index (κ2) is 7.17. The standard InChI is InChI=1S/C17H11ClF3N3O4S/c18-9-2-4-13(11(6-9)17(19,20)21)23-24-16-12(22)3-1-8-5-10(29(26,27)28)7-14(25)15(8)16/h1-7,25H,22H2,(H,26,27,28)/b24-23+. The van der Waals surface area contributed by atoms with Crippen molar-refractivity contribution in [2.45, 2.75) is 11.1 Å². The molecule has 0 amide bonds. The van der Waals surface area contributed by atoms with Crippen molar-refractivity contribution in [2.75, 3.05) is 5.73 Å². The van der Waals surface area contributed by atoms with Crippen molar-refractivity contribution < 1.29 is 31.2 Å². The number of alkyl halides is 3. The van der Waals surface area contributed by atoms with Crippen molar-refractivity contribution in [3.8, 4) is 5.75 Å². The minimum Gasteiger partial charge on any atom is -0.507 e. The van der Waals surface area contributed by atoms with Crippen LogP contribution in [0.1, 0.15) is 5.56 Å². The molecule has 7 nitrogen and oxygen atoms in total. The number of nitrogen functional groups attached to an aromatic ring is 1. The van der Waals surface area contributed by atoms with Crippen LogP contribution in [0.25, 0.3) is 10.8 Å². The summed E-state index contributed by atoms with van der Waals surface area (Å²) in [7, 11) is -4.60. The van der Waals surface area contributed by atoms with Gasteiger partial charge in [-0.1, -0.05) is 17.7 Å². The normalized spacial score (nSPS) is 12.7. The van der Waals surface area contributed by atoms with Crippen molar-refractivity contribution in [1.29, 1.82) is 0 Å². The maximum atomic E-state index is 13.2. The molecule has 0 unspecified atom stereocenters. The number of nitrogens with zero attached hydrogens (tertiary/aromatic N) is 2. The predicted molar refractivity (Wildman–Crippen MR) is 100 cm³/mol. The quantitative estimate of drug-likeness (QED) is 0.280. The van der Waals surface area contributed by atoms with Crippen molar-refractivity contribution in [3.05, 3.63) is 53.1 Å². The molecule has 12 heteroatoms. The number of rotatable bonds is 3. The van der Waals surface area contributed by atoms with E-state index in [-0.39, 0.29) is 27.2 Å². The highest BCUT2D eigenvalue weighted by atomic mass is 35.5. The first-order valence-electron chi connectivity index (χ1n) is 7.69. The van der Waals surface area contributed by atoms with Crippen molar-refractivity contribution in [2.24, 2.45) is 10.2 Å². The van der Waals surface area contributed by atoms with E-state index in [1.165, 1.54) is 18.2 Å². The molecule has 0 aliphatic heterocycles. The van der Waals surface area contributed by atoms with Gasteiger partial charge in [0.25, 0.3) is 10.1 Å². The van der Waals surface area contributed by atoms with Gasteiger partial charge in [0.2, 0.25) is 0 Å². The van der Waals surface area contributed by atoms with E-state index in [0.717, 1.165) is 18.2 Å². The van der Waals surface area contributed by atoms with Crippen LogP contribution in [-0.4, -0.2) is 18.1 Å². The third kappa shape index (κ3) is 4.26. The Bertz CT molecular complexity index is 1260. The fraction of sp³-hybridized carbons (Fsp3) is 0.0588. The Morgan fingerprint density at radius 3 is 2.34 bits per heavy atom. The van der Waals surface area contributed by atoms with Crippen LogP contribution >= 0.6 is 11.6 Å². The van der Waals surface area contributed by atoms with Crippen LogP contribution in [0.5, 0.6) is 5.75 Å². The van der Waals surface area contributed by atoms with Gasteiger partial charge in [0.15, 0.2) is 0 Å². The molecule has 3 rings (SSSR count). The van der Waals surface area contributed by atoms with Gasteiger partial charge in [0, 0.05) is 11.1 Å². The third-order valence-corrected chi connectivity index (χ3v) is 4.96. The fourth-order valence-electron chi connectivity index (χ4n) is 2.60. The number of fused-ring (bicyclic) bond motifs is 1. The third-order valence-electron chi connectivity index (χ3n) is 3.89. The molecule has 0 saturated carbocycles. The first-order chi connectivity index (χ1) is 13.4. The monoisotopic (exact) mass is 445 g/mol. The van der Waals surface area contributed by atoms with E-state index in [1.54, 1.807) is 0 Å². The molecule has 3 aromatic carbocycles. The smallest absolute Gasteiger partial charge is 0.418 e. The minimum atomic E-state index is -4.74. The van der Waals surface area contributed by atoms with E-state index in [2.05, 4.69) is 10.2 Å². The van der Waals surface area contributed by atoms with E-state index >= 15 is 0 Å². The summed E-state index contributed by atoms with van der Waals surface area (Å²) >= 11 is 5.62. The Kier molecular flexibility index (Phi) is 5.15. The first-order valence-corrected chi connectivity index (χ1v) is 9.51. The van der Waals surface area contributed by atoms with E-state index in [4.69, 9.17) is 21.9 Å². The van der Waals surface area contributed by atoms with Crippen LogP contribution in [0, 0.1) is 0 Å². The average molecular weight is 446 g/mol. The van der Waals surface area contributed by atoms with E-state index in [9.17, 15) is 26.7 Å². The van der Waals surface area contributed by atoms with E-state index < -0.39 is 38.2 Å². The van der Waals surface area contributed by atoms with Crippen LogP contribution in [0.4, 0.5) is 30.2 Å². The first kappa shape index (κ1) is 20.8. The summed E-state index contributed by atoms with van der Waals surface area (Å²) in [5, 5.41) is 17.5. The highest BCUT2D eigenvalue weighted by Crippen LogP contribution is 2.42. The summed E-state index contributed by atoms with van der Waals surface area (Å²) in [6, 6.07) is 7.38. The topological polar surface area (TPSA) is 125 Å². The molecule has 0 atom stereocenters. The molecular weight excluding hydrogens is 435 g/mol. The van der Waals surface area contributed by atoms with Crippen molar-refractivity contribution >= 4 is 49.6 Å². The number of azo groups is 1. The molecule has 0 spiro atoms. The lowest BCUT2D eigenvalue weighted by Crippen LogP contribution is -2.04. The number of phenolic OH excluding ortho intramolecular Hbond substituents is 1. The van der Waals surface area contributed by atoms with Crippen LogP contribution < -0.4 is 5.73 Å². The maximum absolute atomic E-state index is 13.2. The van der Waals surface area contributed by atoms with Gasteiger partial charge < -0.3 is 10.8 Å². The molecule has 4 N–H and O–H groups in total. The average Bonchev–Trinajstić information content (AvgIpc) is 2.60. The lowest BCUT2D eigenvalue weighted by atomic mass is 10.1. The zero-order valence-corrected chi connectivity index (χ0v) is 15.7. The van der Waals surface area contributed by atoms with Gasteiger partial charge in [0.05, 0.1) is 27.2 Å². The molecule has 0 saturated heterocycles. The zero-order chi connectivity index (χ0) is 21.6. The zero-order valence-electron chi connectivity index (χ0n) is 14.1. The number of phenols is 1. The largest absolute Gasteiger partial charge is 0.507 e. The number of benzene rings is 3. The predicted octanol–water partition coefficient (Wildman–Crippen LogP) is 5.46. The van der Waals surface area contributed by atoms with Gasteiger partial charge in [0.1, 0.15) is 11.4 Å². The summed E-state index contributed by atoms with van der Waals surface area (Å²) < 4.78 is 71.4. The molecule has 29 heavy (non-hydrogen) atoms. The number of nitrogens with two attached hydrogens (primary N) is 1. The molecule has 0 aromatic heterocycles. The van der Waals surface area contributed by atoms with E-state index in [0.29, 0.717) is 6.07 Å². The summed E-state index contributed by atoms with van der Waals surface area (Å²) in [6.45, 7) is 0.